The average molecular weight is 277 g/mol. The zero-order valence-corrected chi connectivity index (χ0v) is 12.2. The highest BCUT2D eigenvalue weighted by Gasteiger charge is 2.36. The average Bonchev–Trinajstić information content (AvgIpc) is 2.81. The summed E-state index contributed by atoms with van der Waals surface area (Å²) in [6.45, 7) is 2.99. The van der Waals surface area contributed by atoms with Crippen molar-refractivity contribution in [1.82, 2.24) is 9.97 Å². The molecule has 3 rings (SSSR count). The molecule has 1 fully saturated rings. The highest BCUT2D eigenvalue weighted by Crippen LogP contribution is 2.36. The number of nitrogens with one attached hydrogen (secondary N) is 1. The maximum absolute atomic E-state index is 5.63. The molecule has 2 aromatic rings. The molecule has 0 unspecified atom stereocenters. The summed E-state index contributed by atoms with van der Waals surface area (Å²) in [6, 6.07) is 2.20. The molecule has 4 nitrogen and oxygen atoms in total. The second-order valence-electron chi connectivity index (χ2n) is 5.10. The van der Waals surface area contributed by atoms with E-state index in [-0.39, 0.29) is 5.60 Å². The topological polar surface area (TPSA) is 47.0 Å². The summed E-state index contributed by atoms with van der Waals surface area (Å²) in [5, 5.41) is 4.58. The van der Waals surface area contributed by atoms with Gasteiger partial charge in [-0.1, -0.05) is 6.92 Å². The van der Waals surface area contributed by atoms with E-state index in [4.69, 9.17) is 4.74 Å². The standard InChI is InChI=1S/C14H19N3OS/c1-3-10-7-11-12(16-9-17-13(11)19-10)15-8-14(18-2)5-4-6-14/h7,9H,3-6,8H2,1-2H3,(H,15,16,17). The van der Waals surface area contributed by atoms with Crippen LogP contribution in [0.4, 0.5) is 5.82 Å². The summed E-state index contributed by atoms with van der Waals surface area (Å²) in [5.74, 6) is 0.935. The molecule has 1 aliphatic rings. The first-order valence-electron chi connectivity index (χ1n) is 6.79. The number of fused-ring (bicyclic) bond motifs is 1. The first-order chi connectivity index (χ1) is 9.26. The number of rotatable bonds is 5. The van der Waals surface area contributed by atoms with Crippen molar-refractivity contribution >= 4 is 27.4 Å². The van der Waals surface area contributed by atoms with Crippen molar-refractivity contribution in [3.05, 3.63) is 17.3 Å². The number of anilines is 1. The molecule has 1 N–H and O–H groups in total. The summed E-state index contributed by atoms with van der Waals surface area (Å²) < 4.78 is 5.63. The van der Waals surface area contributed by atoms with Crippen LogP contribution in [-0.4, -0.2) is 29.2 Å². The number of methoxy groups -OCH3 is 1. The molecule has 0 bridgehead atoms. The Morgan fingerprint density at radius 1 is 1.42 bits per heavy atom. The van der Waals surface area contributed by atoms with E-state index in [9.17, 15) is 0 Å². The molecule has 19 heavy (non-hydrogen) atoms. The normalized spacial score (nSPS) is 17.4. The minimum absolute atomic E-state index is 0.0148. The molecule has 2 aromatic heterocycles. The molecule has 5 heteroatoms. The highest BCUT2D eigenvalue weighted by molar-refractivity contribution is 7.18. The predicted octanol–water partition coefficient (Wildman–Crippen LogP) is 3.23. The van der Waals surface area contributed by atoms with Gasteiger partial charge in [0.15, 0.2) is 0 Å². The largest absolute Gasteiger partial charge is 0.376 e. The van der Waals surface area contributed by atoms with Gasteiger partial charge in [0, 0.05) is 18.5 Å². The van der Waals surface area contributed by atoms with Crippen LogP contribution in [0.25, 0.3) is 10.2 Å². The van der Waals surface area contributed by atoms with E-state index < -0.39 is 0 Å². The van der Waals surface area contributed by atoms with E-state index in [1.165, 1.54) is 11.3 Å². The molecule has 1 saturated carbocycles. The van der Waals surface area contributed by atoms with Crippen LogP contribution in [0, 0.1) is 0 Å². The lowest BCUT2D eigenvalue weighted by molar-refractivity contribution is -0.0601. The summed E-state index contributed by atoms with van der Waals surface area (Å²) >= 11 is 1.75. The van der Waals surface area contributed by atoms with Crippen LogP contribution in [0.15, 0.2) is 12.4 Å². The summed E-state index contributed by atoms with van der Waals surface area (Å²) in [7, 11) is 1.80. The maximum Gasteiger partial charge on any atom is 0.138 e. The molecule has 0 aromatic carbocycles. The van der Waals surface area contributed by atoms with Crippen molar-refractivity contribution in [1.29, 1.82) is 0 Å². The molecular weight excluding hydrogens is 258 g/mol. The van der Waals surface area contributed by atoms with E-state index >= 15 is 0 Å². The van der Waals surface area contributed by atoms with Crippen LogP contribution in [0.2, 0.25) is 0 Å². The Labute approximate surface area is 117 Å². The lowest BCUT2D eigenvalue weighted by atomic mass is 9.80. The minimum Gasteiger partial charge on any atom is -0.376 e. The van der Waals surface area contributed by atoms with Gasteiger partial charge in [-0.3, -0.25) is 0 Å². The van der Waals surface area contributed by atoms with Gasteiger partial charge in [-0.2, -0.15) is 0 Å². The fourth-order valence-electron chi connectivity index (χ4n) is 2.49. The highest BCUT2D eigenvalue weighted by atomic mass is 32.1. The van der Waals surface area contributed by atoms with Gasteiger partial charge in [0.1, 0.15) is 17.0 Å². The monoisotopic (exact) mass is 277 g/mol. The molecule has 0 amide bonds. The third-order valence-electron chi connectivity index (χ3n) is 4.00. The van der Waals surface area contributed by atoms with Gasteiger partial charge in [-0.15, -0.1) is 11.3 Å². The summed E-state index contributed by atoms with van der Waals surface area (Å²) in [5.41, 5.74) is 0.0148. The van der Waals surface area contributed by atoms with E-state index in [1.54, 1.807) is 24.8 Å². The van der Waals surface area contributed by atoms with Crippen LogP contribution in [0.5, 0.6) is 0 Å². The van der Waals surface area contributed by atoms with E-state index in [0.717, 1.165) is 41.8 Å². The molecule has 2 heterocycles. The van der Waals surface area contributed by atoms with Crippen molar-refractivity contribution in [3.63, 3.8) is 0 Å². The lowest BCUT2D eigenvalue weighted by Crippen LogP contribution is -2.45. The van der Waals surface area contributed by atoms with Crippen LogP contribution < -0.4 is 5.32 Å². The molecule has 102 valence electrons. The predicted molar refractivity (Wildman–Crippen MR) is 78.9 cm³/mol. The second kappa shape index (κ2) is 5.06. The van der Waals surface area contributed by atoms with E-state index in [0.29, 0.717) is 0 Å². The third-order valence-corrected chi connectivity index (χ3v) is 5.19. The van der Waals surface area contributed by atoms with Gasteiger partial charge in [-0.05, 0) is 31.7 Å². The van der Waals surface area contributed by atoms with Crippen molar-refractivity contribution in [2.75, 3.05) is 19.0 Å². The van der Waals surface area contributed by atoms with Crippen LogP contribution in [-0.2, 0) is 11.2 Å². The minimum atomic E-state index is 0.0148. The number of ether oxygens (including phenoxy) is 1. The second-order valence-corrected chi connectivity index (χ2v) is 6.22. The van der Waals surface area contributed by atoms with Crippen LogP contribution in [0.1, 0.15) is 31.1 Å². The zero-order valence-electron chi connectivity index (χ0n) is 11.4. The SMILES string of the molecule is CCc1cc2c(NCC3(OC)CCC3)ncnc2s1. The summed E-state index contributed by atoms with van der Waals surface area (Å²) in [6.07, 6.45) is 6.21. The molecule has 0 radical (unpaired) electrons. The van der Waals surface area contributed by atoms with Gasteiger partial charge in [0.2, 0.25) is 0 Å². The molecule has 0 atom stereocenters. The van der Waals surface area contributed by atoms with E-state index in [1.807, 2.05) is 0 Å². The van der Waals surface area contributed by atoms with Crippen LogP contribution in [0.3, 0.4) is 0 Å². The Hall–Kier alpha value is -1.20. The maximum atomic E-state index is 5.63. The number of aryl methyl sites for hydroxylation is 1. The molecule has 0 spiro atoms. The Morgan fingerprint density at radius 3 is 2.89 bits per heavy atom. The summed E-state index contributed by atoms with van der Waals surface area (Å²) in [4.78, 5) is 11.1. The molecule has 0 aliphatic heterocycles. The number of thiophene rings is 1. The Bertz CT molecular complexity index is 572. The van der Waals surface area contributed by atoms with Gasteiger partial charge in [0.25, 0.3) is 0 Å². The first-order valence-corrected chi connectivity index (χ1v) is 7.60. The zero-order chi connectivity index (χ0) is 13.3. The fraction of sp³-hybridized carbons (Fsp3) is 0.571. The van der Waals surface area contributed by atoms with Gasteiger partial charge >= 0.3 is 0 Å². The smallest absolute Gasteiger partial charge is 0.138 e. The van der Waals surface area contributed by atoms with Crippen molar-refractivity contribution < 1.29 is 4.74 Å². The number of hydrogen-bond acceptors (Lipinski definition) is 5. The lowest BCUT2D eigenvalue weighted by Gasteiger charge is -2.40. The van der Waals surface area contributed by atoms with Gasteiger partial charge in [-0.25, -0.2) is 9.97 Å². The Kier molecular flexibility index (Phi) is 3.41. The van der Waals surface area contributed by atoms with Crippen molar-refractivity contribution in [2.24, 2.45) is 0 Å². The van der Waals surface area contributed by atoms with Gasteiger partial charge < -0.3 is 10.1 Å². The molecule has 1 aliphatic carbocycles. The third kappa shape index (κ3) is 2.32. The van der Waals surface area contributed by atoms with Crippen molar-refractivity contribution in [2.45, 2.75) is 38.2 Å². The number of nitrogens with zero attached hydrogens (tertiary/aromatic N) is 2. The molecule has 0 saturated heterocycles. The molecular formula is C14H19N3OS. The van der Waals surface area contributed by atoms with Crippen LogP contribution >= 0.6 is 11.3 Å². The number of aromatic nitrogens is 2. The Morgan fingerprint density at radius 2 is 2.26 bits per heavy atom. The van der Waals surface area contributed by atoms with Gasteiger partial charge in [0.05, 0.1) is 11.0 Å². The number of hydrogen-bond donors (Lipinski definition) is 1. The van der Waals surface area contributed by atoms with Crippen molar-refractivity contribution in [3.8, 4) is 0 Å². The fourth-order valence-corrected chi connectivity index (χ4v) is 3.42. The quantitative estimate of drug-likeness (QED) is 0.911. The first kappa shape index (κ1) is 12.8. The Balaban J connectivity index is 1.82. The van der Waals surface area contributed by atoms with E-state index in [2.05, 4.69) is 28.3 Å².